The van der Waals surface area contributed by atoms with Gasteiger partial charge in [0.15, 0.2) is 0 Å². The van der Waals surface area contributed by atoms with Gasteiger partial charge in [0.25, 0.3) is 11.8 Å². The first-order valence-electron chi connectivity index (χ1n) is 10.9. The quantitative estimate of drug-likeness (QED) is 0.389. The number of hydrogen-bond acceptors (Lipinski definition) is 5. The molecule has 0 unspecified atom stereocenters. The van der Waals surface area contributed by atoms with E-state index >= 15 is 0 Å². The number of primary amides is 1. The molecule has 0 radical (unpaired) electrons. The van der Waals surface area contributed by atoms with E-state index in [2.05, 4.69) is 10.0 Å². The molecule has 0 saturated heterocycles. The summed E-state index contributed by atoms with van der Waals surface area (Å²) >= 11 is 0. The zero-order valence-corrected chi connectivity index (χ0v) is 20.0. The molecule has 33 heavy (non-hydrogen) atoms. The maximum Gasteiger partial charge on any atom is 0.275 e. The summed E-state index contributed by atoms with van der Waals surface area (Å²) in [7, 11) is -3.77. The van der Waals surface area contributed by atoms with Crippen molar-refractivity contribution in [2.45, 2.75) is 46.1 Å². The molecule has 0 spiro atoms. The Morgan fingerprint density at radius 1 is 1.21 bits per heavy atom. The largest absolute Gasteiger partial charge is 0.368 e. The summed E-state index contributed by atoms with van der Waals surface area (Å²) in [6.45, 7) is 5.62. The lowest BCUT2D eigenvalue weighted by Crippen LogP contribution is -2.48. The number of benzene rings is 1. The molecule has 1 aliphatic heterocycles. The van der Waals surface area contributed by atoms with Crippen LogP contribution in [0.15, 0.2) is 53.9 Å². The SMILES string of the molecule is CC/C=C(\C(=O)N[C@H](CC(C)C)C(N)=O)N1CC=C(NS(=O)(=O)CCc2ccccc2)C1=O. The van der Waals surface area contributed by atoms with Gasteiger partial charge in [-0.15, -0.1) is 0 Å². The molecule has 0 bridgehead atoms. The van der Waals surface area contributed by atoms with E-state index in [4.69, 9.17) is 5.73 Å². The summed E-state index contributed by atoms with van der Waals surface area (Å²) in [6, 6.07) is 8.28. The summed E-state index contributed by atoms with van der Waals surface area (Å²) in [5.41, 5.74) is 6.22. The van der Waals surface area contributed by atoms with Crippen molar-refractivity contribution in [3.8, 4) is 0 Å². The van der Waals surface area contributed by atoms with Crippen LogP contribution < -0.4 is 15.8 Å². The molecule has 1 atom stereocenters. The number of carbonyl (C=O) groups is 3. The van der Waals surface area contributed by atoms with Gasteiger partial charge in [0, 0.05) is 6.54 Å². The van der Waals surface area contributed by atoms with Crippen LogP contribution in [0.4, 0.5) is 0 Å². The van der Waals surface area contributed by atoms with Crippen LogP contribution in [0.5, 0.6) is 0 Å². The second-order valence-corrected chi connectivity index (χ2v) is 10.1. The van der Waals surface area contributed by atoms with Gasteiger partial charge in [-0.3, -0.25) is 24.0 Å². The molecule has 1 aromatic rings. The van der Waals surface area contributed by atoms with Crippen molar-refractivity contribution < 1.29 is 22.8 Å². The molecule has 2 rings (SSSR count). The lowest BCUT2D eigenvalue weighted by Gasteiger charge is -2.23. The molecule has 0 saturated carbocycles. The fourth-order valence-electron chi connectivity index (χ4n) is 3.38. The topological polar surface area (TPSA) is 139 Å². The summed E-state index contributed by atoms with van der Waals surface area (Å²) in [5, 5.41) is 2.59. The standard InChI is InChI=1S/C23H32N4O5S/c1-4-8-20(22(29)25-19(21(24)28)15-16(2)3)27-13-11-18(23(27)30)26-33(31,32)14-12-17-9-6-5-7-10-17/h5-11,16,19,26H,4,12-15H2,1-3H3,(H2,24,28)(H,25,29)/b20-8+/t19-/m1/s1. The van der Waals surface area contributed by atoms with E-state index in [1.165, 1.54) is 11.0 Å². The lowest BCUT2D eigenvalue weighted by atomic mass is 10.0. The van der Waals surface area contributed by atoms with Crippen LogP contribution in [0.3, 0.4) is 0 Å². The van der Waals surface area contributed by atoms with Crippen LogP contribution in [0.2, 0.25) is 0 Å². The molecule has 4 N–H and O–H groups in total. The first-order chi connectivity index (χ1) is 15.5. The number of allylic oxidation sites excluding steroid dienone is 1. The van der Waals surface area contributed by atoms with Gasteiger partial charge >= 0.3 is 0 Å². The van der Waals surface area contributed by atoms with Gasteiger partial charge in [0.05, 0.1) is 5.75 Å². The highest BCUT2D eigenvalue weighted by molar-refractivity contribution is 7.89. The van der Waals surface area contributed by atoms with E-state index < -0.39 is 33.8 Å². The first kappa shape index (κ1) is 26.1. The highest BCUT2D eigenvalue weighted by Crippen LogP contribution is 2.18. The van der Waals surface area contributed by atoms with Crippen molar-refractivity contribution in [2.75, 3.05) is 12.3 Å². The molecular formula is C23H32N4O5S. The van der Waals surface area contributed by atoms with Crippen molar-refractivity contribution >= 4 is 27.7 Å². The number of rotatable bonds is 12. The summed E-state index contributed by atoms with van der Waals surface area (Å²) in [4.78, 5) is 38.7. The van der Waals surface area contributed by atoms with E-state index in [1.54, 1.807) is 13.0 Å². The van der Waals surface area contributed by atoms with Gasteiger partial charge in [-0.25, -0.2) is 8.42 Å². The van der Waals surface area contributed by atoms with Gasteiger partial charge in [-0.2, -0.15) is 0 Å². The first-order valence-corrected chi connectivity index (χ1v) is 12.6. The third kappa shape index (κ3) is 7.74. The summed E-state index contributed by atoms with van der Waals surface area (Å²) in [5.74, 6) is -1.97. The Kier molecular flexibility index (Phi) is 9.22. The molecule has 9 nitrogen and oxygen atoms in total. The van der Waals surface area contributed by atoms with Crippen LogP contribution in [0.25, 0.3) is 0 Å². The third-order valence-corrected chi connectivity index (χ3v) is 6.27. The minimum Gasteiger partial charge on any atom is -0.368 e. The molecule has 1 heterocycles. The molecule has 3 amide bonds. The molecule has 0 fully saturated rings. The average molecular weight is 477 g/mol. The van der Waals surface area contributed by atoms with E-state index in [0.717, 1.165) is 5.56 Å². The van der Waals surface area contributed by atoms with E-state index in [1.807, 2.05) is 44.2 Å². The van der Waals surface area contributed by atoms with E-state index in [0.29, 0.717) is 19.3 Å². The Hall–Kier alpha value is -3.14. The Morgan fingerprint density at radius 2 is 1.88 bits per heavy atom. The maximum absolute atomic E-state index is 12.9. The van der Waals surface area contributed by atoms with Crippen molar-refractivity contribution in [1.82, 2.24) is 14.9 Å². The molecule has 10 heteroatoms. The summed E-state index contributed by atoms with van der Waals surface area (Å²) < 4.78 is 27.3. The molecule has 1 aromatic carbocycles. The molecule has 180 valence electrons. The highest BCUT2D eigenvalue weighted by atomic mass is 32.2. The third-order valence-electron chi connectivity index (χ3n) is 5.00. The second-order valence-electron chi connectivity index (χ2n) is 8.25. The normalized spacial score (nSPS) is 15.4. The second kappa shape index (κ2) is 11.6. The van der Waals surface area contributed by atoms with Crippen molar-refractivity contribution in [3.05, 3.63) is 59.4 Å². The number of nitrogens with zero attached hydrogens (tertiary/aromatic N) is 1. The smallest absolute Gasteiger partial charge is 0.275 e. The van der Waals surface area contributed by atoms with Crippen molar-refractivity contribution in [1.29, 1.82) is 0 Å². The highest BCUT2D eigenvalue weighted by Gasteiger charge is 2.33. The zero-order chi connectivity index (χ0) is 24.6. The maximum atomic E-state index is 12.9. The van der Waals surface area contributed by atoms with Gasteiger partial charge in [-0.05, 0) is 36.8 Å². The van der Waals surface area contributed by atoms with Crippen LogP contribution in [0, 0.1) is 5.92 Å². The van der Waals surface area contributed by atoms with Gasteiger partial charge in [0.1, 0.15) is 17.4 Å². The van der Waals surface area contributed by atoms with Crippen LogP contribution in [0.1, 0.15) is 39.2 Å². The Morgan fingerprint density at radius 3 is 2.45 bits per heavy atom. The number of nitrogens with one attached hydrogen (secondary N) is 2. The van der Waals surface area contributed by atoms with Gasteiger partial charge in [0.2, 0.25) is 15.9 Å². The fourth-order valence-corrected chi connectivity index (χ4v) is 4.49. The molecule has 0 aromatic heterocycles. The number of sulfonamides is 1. The minimum absolute atomic E-state index is 0.0278. The molecule has 1 aliphatic rings. The number of nitrogens with two attached hydrogens (primary N) is 1. The Balaban J connectivity index is 2.06. The van der Waals surface area contributed by atoms with E-state index in [9.17, 15) is 22.8 Å². The monoisotopic (exact) mass is 476 g/mol. The number of aryl methyl sites for hydroxylation is 1. The molecular weight excluding hydrogens is 444 g/mol. The van der Waals surface area contributed by atoms with Crippen molar-refractivity contribution in [2.24, 2.45) is 11.7 Å². The predicted molar refractivity (Wildman–Crippen MR) is 126 cm³/mol. The average Bonchev–Trinajstić information content (AvgIpc) is 3.09. The van der Waals surface area contributed by atoms with Crippen LogP contribution in [-0.2, 0) is 30.8 Å². The number of carbonyl (C=O) groups excluding carboxylic acids is 3. The summed E-state index contributed by atoms with van der Waals surface area (Å²) in [6.07, 6.45) is 4.10. The van der Waals surface area contributed by atoms with Gasteiger partial charge in [-0.1, -0.05) is 57.2 Å². The Labute approximate surface area is 195 Å². The molecule has 0 aliphatic carbocycles. The van der Waals surface area contributed by atoms with Crippen LogP contribution >= 0.6 is 0 Å². The Bertz CT molecular complexity index is 1030. The number of hydrogen-bond donors (Lipinski definition) is 3. The fraction of sp³-hybridized carbons (Fsp3) is 0.435. The van der Waals surface area contributed by atoms with E-state index in [-0.39, 0.29) is 29.6 Å². The van der Waals surface area contributed by atoms with Gasteiger partial charge < -0.3 is 11.1 Å². The van der Waals surface area contributed by atoms with Crippen molar-refractivity contribution in [3.63, 3.8) is 0 Å². The number of amides is 3. The zero-order valence-electron chi connectivity index (χ0n) is 19.2. The minimum atomic E-state index is -3.77. The predicted octanol–water partition coefficient (Wildman–Crippen LogP) is 1.18. The van der Waals surface area contributed by atoms with Crippen LogP contribution in [-0.4, -0.2) is 49.4 Å². The lowest BCUT2D eigenvalue weighted by molar-refractivity contribution is -0.130.